The highest BCUT2D eigenvalue weighted by atomic mass is 127. The summed E-state index contributed by atoms with van der Waals surface area (Å²) in [5.74, 6) is 0.988. The molecule has 0 spiro atoms. The fourth-order valence-electron chi connectivity index (χ4n) is 2.62. The number of benzene rings is 1. The van der Waals surface area contributed by atoms with Gasteiger partial charge in [-0.2, -0.15) is 0 Å². The molecule has 26 heavy (non-hydrogen) atoms. The van der Waals surface area contributed by atoms with Gasteiger partial charge >= 0.3 is 0 Å². The maximum atomic E-state index is 5.99. The fourth-order valence-corrected chi connectivity index (χ4v) is 2.62. The van der Waals surface area contributed by atoms with Gasteiger partial charge in [-0.25, -0.2) is 9.98 Å². The average molecular weight is 468 g/mol. The van der Waals surface area contributed by atoms with Crippen LogP contribution in [0, 0.1) is 0 Å². The lowest BCUT2D eigenvalue weighted by Crippen LogP contribution is -2.22. The largest absolute Gasteiger partial charge is 0.472 e. The quantitative estimate of drug-likeness (QED) is 0.386. The molecule has 3 rings (SSSR count). The zero-order chi connectivity index (χ0) is 17.5. The molecular weight excluding hydrogens is 443 g/mol. The van der Waals surface area contributed by atoms with E-state index < -0.39 is 0 Å². The molecule has 1 aliphatic heterocycles. The number of aryl methyl sites for hydroxylation is 1. The number of guanidine groups is 1. The molecule has 7 heteroatoms. The average Bonchev–Trinajstić information content (AvgIpc) is 3.13. The number of rotatable bonds is 6. The minimum absolute atomic E-state index is 0. The van der Waals surface area contributed by atoms with Gasteiger partial charge in [0.2, 0.25) is 5.88 Å². The first-order valence-corrected chi connectivity index (χ1v) is 8.58. The van der Waals surface area contributed by atoms with Crippen LogP contribution in [0.3, 0.4) is 0 Å². The summed E-state index contributed by atoms with van der Waals surface area (Å²) in [6.07, 6.45) is 3.70. The number of aliphatic imine (C=N–C) groups is 1. The van der Waals surface area contributed by atoms with Crippen molar-refractivity contribution in [3.63, 3.8) is 0 Å². The van der Waals surface area contributed by atoms with E-state index in [1.165, 1.54) is 5.56 Å². The van der Waals surface area contributed by atoms with Gasteiger partial charge in [-0.15, -0.1) is 24.0 Å². The second-order valence-corrected chi connectivity index (χ2v) is 5.99. The minimum Gasteiger partial charge on any atom is -0.472 e. The summed E-state index contributed by atoms with van der Waals surface area (Å²) in [5.41, 5.74) is 9.19. The van der Waals surface area contributed by atoms with Crippen LogP contribution in [0.15, 0.2) is 47.6 Å². The third-order valence-electron chi connectivity index (χ3n) is 4.01. The van der Waals surface area contributed by atoms with Gasteiger partial charge in [-0.05, 0) is 35.7 Å². The van der Waals surface area contributed by atoms with Crippen LogP contribution in [-0.4, -0.2) is 30.3 Å². The van der Waals surface area contributed by atoms with Gasteiger partial charge in [0, 0.05) is 24.4 Å². The molecule has 1 fully saturated rings. The molecule has 1 aliphatic rings. The van der Waals surface area contributed by atoms with E-state index in [9.17, 15) is 0 Å². The Labute approximate surface area is 171 Å². The molecule has 1 aromatic heterocycles. The lowest BCUT2D eigenvalue weighted by Gasteiger charge is -2.11. The number of aromatic nitrogens is 1. The van der Waals surface area contributed by atoms with Crippen molar-refractivity contribution in [3.05, 3.63) is 53.7 Å². The standard InChI is InChI=1S/C19H24N4O2.HI/c1-2-14-4-3-5-16(10-14)23-19(20)22-12-15-6-8-21-18(11-15)25-17-7-9-24-13-17;/h3-6,8,10-11,17H,2,7,9,12-13H2,1H3,(H3,20,22,23);1H. The Kier molecular flexibility index (Phi) is 8.11. The van der Waals surface area contributed by atoms with Gasteiger partial charge < -0.3 is 20.5 Å². The molecule has 3 N–H and O–H groups in total. The van der Waals surface area contributed by atoms with Crippen molar-refractivity contribution < 1.29 is 9.47 Å². The van der Waals surface area contributed by atoms with Crippen LogP contribution in [0.25, 0.3) is 0 Å². The zero-order valence-electron chi connectivity index (χ0n) is 14.9. The smallest absolute Gasteiger partial charge is 0.213 e. The normalized spacial score (nSPS) is 16.8. The molecule has 0 radical (unpaired) electrons. The summed E-state index contributed by atoms with van der Waals surface area (Å²) in [6.45, 7) is 3.96. The molecule has 6 nitrogen and oxygen atoms in total. The van der Waals surface area contributed by atoms with Gasteiger partial charge in [-0.3, -0.25) is 0 Å². The van der Waals surface area contributed by atoms with Crippen molar-refractivity contribution in [2.24, 2.45) is 10.7 Å². The molecule has 0 saturated carbocycles. The Balaban J connectivity index is 0.00000243. The van der Waals surface area contributed by atoms with Crippen LogP contribution in [0.1, 0.15) is 24.5 Å². The van der Waals surface area contributed by atoms with Crippen LogP contribution in [0.5, 0.6) is 5.88 Å². The second-order valence-electron chi connectivity index (χ2n) is 5.99. The topological polar surface area (TPSA) is 81.8 Å². The Morgan fingerprint density at radius 2 is 2.23 bits per heavy atom. The molecule has 140 valence electrons. The molecule has 2 aromatic rings. The minimum atomic E-state index is 0. The highest BCUT2D eigenvalue weighted by Gasteiger charge is 2.17. The van der Waals surface area contributed by atoms with E-state index in [0.717, 1.165) is 30.7 Å². The molecule has 0 aliphatic carbocycles. The van der Waals surface area contributed by atoms with E-state index in [-0.39, 0.29) is 30.1 Å². The molecule has 2 heterocycles. The molecule has 0 bridgehead atoms. The number of ether oxygens (including phenoxy) is 2. The number of halogens is 1. The number of anilines is 1. The van der Waals surface area contributed by atoms with Crippen molar-refractivity contribution in [2.75, 3.05) is 18.5 Å². The van der Waals surface area contributed by atoms with Crippen molar-refractivity contribution in [3.8, 4) is 5.88 Å². The van der Waals surface area contributed by atoms with E-state index in [0.29, 0.717) is 25.0 Å². The predicted octanol–water partition coefficient (Wildman–Crippen LogP) is 3.36. The highest BCUT2D eigenvalue weighted by Crippen LogP contribution is 2.16. The molecule has 1 atom stereocenters. The van der Waals surface area contributed by atoms with Crippen molar-refractivity contribution in [2.45, 2.75) is 32.4 Å². The van der Waals surface area contributed by atoms with Crippen molar-refractivity contribution in [1.82, 2.24) is 4.98 Å². The first-order valence-electron chi connectivity index (χ1n) is 8.58. The third kappa shape index (κ3) is 6.14. The van der Waals surface area contributed by atoms with E-state index in [2.05, 4.69) is 34.3 Å². The summed E-state index contributed by atoms with van der Waals surface area (Å²) in [4.78, 5) is 8.64. The van der Waals surface area contributed by atoms with Gasteiger partial charge in [0.15, 0.2) is 5.96 Å². The van der Waals surface area contributed by atoms with Gasteiger partial charge in [0.05, 0.1) is 19.8 Å². The monoisotopic (exact) mass is 468 g/mol. The zero-order valence-corrected chi connectivity index (χ0v) is 17.2. The number of nitrogens with one attached hydrogen (secondary N) is 1. The summed E-state index contributed by atoms with van der Waals surface area (Å²) in [5, 5.41) is 3.12. The summed E-state index contributed by atoms with van der Waals surface area (Å²) in [6, 6.07) is 12.0. The maximum Gasteiger partial charge on any atom is 0.213 e. The summed E-state index contributed by atoms with van der Waals surface area (Å²) >= 11 is 0. The Morgan fingerprint density at radius 3 is 3.00 bits per heavy atom. The molecule has 1 saturated heterocycles. The van der Waals surface area contributed by atoms with Crippen LogP contribution in [0.2, 0.25) is 0 Å². The number of pyridine rings is 1. The number of hydrogen-bond donors (Lipinski definition) is 2. The van der Waals surface area contributed by atoms with Crippen LogP contribution < -0.4 is 15.8 Å². The van der Waals surface area contributed by atoms with Crippen LogP contribution in [-0.2, 0) is 17.7 Å². The van der Waals surface area contributed by atoms with Gasteiger partial charge in [0.25, 0.3) is 0 Å². The lowest BCUT2D eigenvalue weighted by molar-refractivity contribution is 0.138. The number of nitrogens with zero attached hydrogens (tertiary/aromatic N) is 2. The summed E-state index contributed by atoms with van der Waals surface area (Å²) < 4.78 is 11.1. The van der Waals surface area contributed by atoms with E-state index in [4.69, 9.17) is 15.2 Å². The highest BCUT2D eigenvalue weighted by molar-refractivity contribution is 14.0. The number of hydrogen-bond acceptors (Lipinski definition) is 4. The number of nitrogens with two attached hydrogens (primary N) is 1. The Hall–Kier alpha value is -1.87. The lowest BCUT2D eigenvalue weighted by atomic mass is 10.1. The van der Waals surface area contributed by atoms with E-state index >= 15 is 0 Å². The first-order chi connectivity index (χ1) is 12.2. The van der Waals surface area contributed by atoms with E-state index in [1.807, 2.05) is 24.3 Å². The van der Waals surface area contributed by atoms with Crippen molar-refractivity contribution in [1.29, 1.82) is 0 Å². The molecule has 1 aromatic carbocycles. The third-order valence-corrected chi connectivity index (χ3v) is 4.01. The Morgan fingerprint density at radius 1 is 1.35 bits per heavy atom. The Bertz CT molecular complexity index is 733. The second kappa shape index (κ2) is 10.3. The van der Waals surface area contributed by atoms with E-state index in [1.54, 1.807) is 6.20 Å². The molecular formula is C19H25IN4O2. The first kappa shape index (κ1) is 20.4. The SMILES string of the molecule is CCc1cccc(NC(N)=NCc2ccnc(OC3CCOC3)c2)c1.I. The molecule has 0 amide bonds. The van der Waals surface area contributed by atoms with Crippen LogP contribution in [0.4, 0.5) is 5.69 Å². The van der Waals surface area contributed by atoms with Gasteiger partial charge in [-0.1, -0.05) is 19.1 Å². The van der Waals surface area contributed by atoms with Gasteiger partial charge in [0.1, 0.15) is 6.10 Å². The maximum absolute atomic E-state index is 5.99. The van der Waals surface area contributed by atoms with Crippen LogP contribution >= 0.6 is 24.0 Å². The summed E-state index contributed by atoms with van der Waals surface area (Å²) in [7, 11) is 0. The fraction of sp³-hybridized carbons (Fsp3) is 0.368. The predicted molar refractivity (Wildman–Crippen MR) is 114 cm³/mol. The van der Waals surface area contributed by atoms with Crippen molar-refractivity contribution >= 4 is 35.6 Å². The molecule has 1 unspecified atom stereocenters.